The van der Waals surface area contributed by atoms with E-state index in [1.54, 1.807) is 13.0 Å². The predicted molar refractivity (Wildman–Crippen MR) is 80.3 cm³/mol. The summed E-state index contributed by atoms with van der Waals surface area (Å²) in [5.41, 5.74) is 0.594. The number of carbonyl (C=O) groups is 1. The van der Waals surface area contributed by atoms with Crippen molar-refractivity contribution in [2.45, 2.75) is 64.0 Å². The molecule has 1 saturated heterocycles. The van der Waals surface area contributed by atoms with E-state index in [-0.39, 0.29) is 17.6 Å². The number of ether oxygens (including phenoxy) is 2. The van der Waals surface area contributed by atoms with E-state index < -0.39 is 43.4 Å². The Kier molecular flexibility index (Phi) is 5.94. The highest BCUT2D eigenvalue weighted by Gasteiger charge is 2.45. The quantitative estimate of drug-likeness (QED) is 0.542. The Hall–Kier alpha value is -0.830. The van der Waals surface area contributed by atoms with Crippen molar-refractivity contribution in [1.29, 1.82) is 0 Å². The Morgan fingerprint density at radius 1 is 1.26 bits per heavy atom. The lowest BCUT2D eigenvalue weighted by molar-refractivity contribution is -0.311. The Morgan fingerprint density at radius 3 is 2.48 bits per heavy atom. The lowest BCUT2D eigenvalue weighted by Gasteiger charge is -2.42. The van der Waals surface area contributed by atoms with E-state index in [2.05, 4.69) is 0 Å². The summed E-state index contributed by atoms with van der Waals surface area (Å²) in [6, 6.07) is 0. The van der Waals surface area contributed by atoms with Gasteiger partial charge in [-0.25, -0.2) is 0 Å². The highest BCUT2D eigenvalue weighted by molar-refractivity contribution is 5.95. The third-order valence-electron chi connectivity index (χ3n) is 4.69. The lowest BCUT2D eigenvalue weighted by atomic mass is 9.80. The van der Waals surface area contributed by atoms with Crippen molar-refractivity contribution in [3.8, 4) is 0 Å². The highest BCUT2D eigenvalue weighted by Crippen LogP contribution is 2.32. The summed E-state index contributed by atoms with van der Waals surface area (Å²) in [4.78, 5) is 11.9. The zero-order chi connectivity index (χ0) is 17.3. The van der Waals surface area contributed by atoms with Gasteiger partial charge in [-0.05, 0) is 30.4 Å². The molecular formula is C16H26O7. The number of ketones is 1. The molecule has 132 valence electrons. The minimum atomic E-state index is -1.47. The van der Waals surface area contributed by atoms with E-state index in [0.29, 0.717) is 12.0 Å². The topological polar surface area (TPSA) is 116 Å². The molecule has 0 aromatic heterocycles. The Morgan fingerprint density at radius 2 is 1.91 bits per heavy atom. The second kappa shape index (κ2) is 7.38. The van der Waals surface area contributed by atoms with Crippen LogP contribution in [0.4, 0.5) is 0 Å². The van der Waals surface area contributed by atoms with E-state index >= 15 is 0 Å². The van der Waals surface area contributed by atoms with Crippen LogP contribution in [0.25, 0.3) is 0 Å². The number of allylic oxidation sites excluding steroid dienone is 1. The van der Waals surface area contributed by atoms with Crippen molar-refractivity contribution in [3.63, 3.8) is 0 Å². The Labute approximate surface area is 135 Å². The zero-order valence-corrected chi connectivity index (χ0v) is 13.6. The fourth-order valence-corrected chi connectivity index (χ4v) is 3.04. The average molecular weight is 330 g/mol. The molecule has 0 radical (unpaired) electrons. The van der Waals surface area contributed by atoms with Gasteiger partial charge in [-0.2, -0.15) is 0 Å². The molecular weight excluding hydrogens is 304 g/mol. The van der Waals surface area contributed by atoms with Crippen LogP contribution in [0.5, 0.6) is 0 Å². The maximum atomic E-state index is 11.9. The first-order chi connectivity index (χ1) is 10.8. The van der Waals surface area contributed by atoms with Crippen molar-refractivity contribution in [1.82, 2.24) is 0 Å². The molecule has 2 rings (SSSR count). The first kappa shape index (κ1) is 18.5. The van der Waals surface area contributed by atoms with Crippen LogP contribution in [0.15, 0.2) is 11.6 Å². The summed E-state index contributed by atoms with van der Waals surface area (Å²) < 4.78 is 11.2. The summed E-state index contributed by atoms with van der Waals surface area (Å²) in [5.74, 6) is 0.175. The van der Waals surface area contributed by atoms with Crippen LogP contribution >= 0.6 is 0 Å². The normalized spacial score (nSPS) is 42.0. The van der Waals surface area contributed by atoms with Crippen LogP contribution in [0.2, 0.25) is 0 Å². The van der Waals surface area contributed by atoms with E-state index in [9.17, 15) is 25.2 Å². The molecule has 0 aromatic rings. The first-order valence-corrected chi connectivity index (χ1v) is 7.93. The fourth-order valence-electron chi connectivity index (χ4n) is 3.04. The summed E-state index contributed by atoms with van der Waals surface area (Å²) >= 11 is 0. The van der Waals surface area contributed by atoms with Gasteiger partial charge in [0.1, 0.15) is 24.4 Å². The summed E-state index contributed by atoms with van der Waals surface area (Å²) in [6.07, 6.45) is -4.92. The maximum absolute atomic E-state index is 11.9. The molecule has 0 aromatic carbocycles. The summed E-state index contributed by atoms with van der Waals surface area (Å²) in [5, 5.41) is 38.9. The van der Waals surface area contributed by atoms with Crippen LogP contribution in [-0.2, 0) is 14.3 Å². The molecule has 1 aliphatic heterocycles. The predicted octanol–water partition coefficient (Wildman–Crippen LogP) is -0.637. The molecule has 0 spiro atoms. The molecule has 1 heterocycles. The monoisotopic (exact) mass is 330 g/mol. The van der Waals surface area contributed by atoms with E-state index in [4.69, 9.17) is 9.47 Å². The highest BCUT2D eigenvalue weighted by atomic mass is 16.7. The molecule has 7 atom stereocenters. The minimum Gasteiger partial charge on any atom is -0.394 e. The van der Waals surface area contributed by atoms with Crippen molar-refractivity contribution in [2.24, 2.45) is 11.8 Å². The van der Waals surface area contributed by atoms with Gasteiger partial charge in [0, 0.05) is 6.42 Å². The van der Waals surface area contributed by atoms with Gasteiger partial charge in [0.15, 0.2) is 12.1 Å². The molecule has 1 aliphatic carbocycles. The Balaban J connectivity index is 2.16. The van der Waals surface area contributed by atoms with Crippen LogP contribution in [-0.4, -0.2) is 69.6 Å². The van der Waals surface area contributed by atoms with E-state index in [1.165, 1.54) is 0 Å². The standard InChI is InChI=1S/C16H26O7/c1-7(2)9-5-10(18)8(3)4-11(9)22-16-15(21)14(20)13(19)12(6-17)23-16/h4,7,9,11-17,19-21H,5-6H2,1-3H3/t9?,11?,12-,13-,14+,15-,16-/m1/s1. The maximum Gasteiger partial charge on any atom is 0.187 e. The number of hydrogen-bond donors (Lipinski definition) is 4. The fraction of sp³-hybridized carbons (Fsp3) is 0.812. The van der Waals surface area contributed by atoms with Gasteiger partial charge in [0.2, 0.25) is 0 Å². The number of hydrogen-bond acceptors (Lipinski definition) is 7. The molecule has 0 saturated carbocycles. The smallest absolute Gasteiger partial charge is 0.187 e. The van der Waals surface area contributed by atoms with Crippen LogP contribution < -0.4 is 0 Å². The number of aliphatic hydroxyl groups excluding tert-OH is 4. The summed E-state index contributed by atoms with van der Waals surface area (Å²) in [6.45, 7) is 5.17. The number of aliphatic hydroxyl groups is 4. The molecule has 7 heteroatoms. The third-order valence-corrected chi connectivity index (χ3v) is 4.69. The lowest BCUT2D eigenvalue weighted by Crippen LogP contribution is -2.60. The van der Waals surface area contributed by atoms with Gasteiger partial charge in [-0.3, -0.25) is 4.79 Å². The first-order valence-electron chi connectivity index (χ1n) is 7.93. The average Bonchev–Trinajstić information content (AvgIpc) is 2.50. The van der Waals surface area contributed by atoms with Gasteiger partial charge in [0.05, 0.1) is 12.7 Å². The molecule has 2 unspecified atom stereocenters. The van der Waals surface area contributed by atoms with E-state index in [1.807, 2.05) is 13.8 Å². The largest absolute Gasteiger partial charge is 0.394 e. The number of carbonyl (C=O) groups excluding carboxylic acids is 1. The van der Waals surface area contributed by atoms with Crippen molar-refractivity contribution < 1.29 is 34.7 Å². The van der Waals surface area contributed by atoms with Crippen LogP contribution in [0.3, 0.4) is 0 Å². The van der Waals surface area contributed by atoms with Gasteiger partial charge in [-0.15, -0.1) is 0 Å². The number of Topliss-reactive ketones (excluding diaryl/α,β-unsaturated/α-hetero) is 1. The van der Waals surface area contributed by atoms with Crippen molar-refractivity contribution in [3.05, 3.63) is 11.6 Å². The van der Waals surface area contributed by atoms with Crippen molar-refractivity contribution >= 4 is 5.78 Å². The van der Waals surface area contributed by atoms with Crippen LogP contribution in [0, 0.1) is 11.8 Å². The van der Waals surface area contributed by atoms with Gasteiger partial charge < -0.3 is 29.9 Å². The zero-order valence-electron chi connectivity index (χ0n) is 13.6. The van der Waals surface area contributed by atoms with Gasteiger partial charge in [0.25, 0.3) is 0 Å². The van der Waals surface area contributed by atoms with E-state index in [0.717, 1.165) is 0 Å². The molecule has 0 bridgehead atoms. The SMILES string of the molecule is CC1=CC(O[C@@H]2O[C@H](CO)[C@@H](O)[C@H](O)[C@H]2O)C(C(C)C)CC1=O. The molecule has 7 nitrogen and oxygen atoms in total. The second-order valence-corrected chi connectivity index (χ2v) is 6.68. The molecule has 4 N–H and O–H groups in total. The molecule has 0 amide bonds. The summed E-state index contributed by atoms with van der Waals surface area (Å²) in [7, 11) is 0. The van der Waals surface area contributed by atoms with Crippen molar-refractivity contribution in [2.75, 3.05) is 6.61 Å². The molecule has 2 aliphatic rings. The molecule has 1 fully saturated rings. The van der Waals surface area contributed by atoms with Gasteiger partial charge >= 0.3 is 0 Å². The Bertz CT molecular complexity index is 459. The second-order valence-electron chi connectivity index (χ2n) is 6.68. The third kappa shape index (κ3) is 3.81. The van der Waals surface area contributed by atoms with Gasteiger partial charge in [-0.1, -0.05) is 13.8 Å². The van der Waals surface area contributed by atoms with Crippen LogP contribution in [0.1, 0.15) is 27.2 Å². The number of rotatable bonds is 4. The minimum absolute atomic E-state index is 0.0670. The molecule has 23 heavy (non-hydrogen) atoms.